The van der Waals surface area contributed by atoms with E-state index in [2.05, 4.69) is 271 Å². The van der Waals surface area contributed by atoms with Gasteiger partial charge in [-0.15, -0.1) is 0 Å². The van der Waals surface area contributed by atoms with Gasteiger partial charge in [-0.2, -0.15) is 0 Å². The van der Waals surface area contributed by atoms with Gasteiger partial charge >= 0.3 is 0 Å². The molecule has 1 heterocycles. The van der Waals surface area contributed by atoms with E-state index in [0.717, 1.165) is 45.2 Å². The third kappa shape index (κ3) is 6.84. The Labute approximate surface area is 401 Å². The molecule has 322 valence electrons. The molecule has 2 nitrogen and oxygen atoms in total. The highest BCUT2D eigenvalue weighted by atomic mass is 15.1. The van der Waals surface area contributed by atoms with Crippen LogP contribution in [0.2, 0.25) is 0 Å². The topological polar surface area (TPSA) is 17.8 Å². The van der Waals surface area contributed by atoms with Gasteiger partial charge in [0.15, 0.2) is 0 Å². The van der Waals surface area contributed by atoms with Crippen LogP contribution in [-0.2, 0) is 0 Å². The number of hydrogen-bond acceptors (Lipinski definition) is 1. The number of imidazole rings is 1. The van der Waals surface area contributed by atoms with Crippen LogP contribution in [0.25, 0.3) is 127 Å². The molecule has 1 aromatic heterocycles. The van der Waals surface area contributed by atoms with E-state index in [1.165, 1.54) is 82.0 Å². The summed E-state index contributed by atoms with van der Waals surface area (Å²) in [7, 11) is 0. The van der Waals surface area contributed by atoms with E-state index in [9.17, 15) is 0 Å². The predicted octanol–water partition coefficient (Wildman–Crippen LogP) is 18.2. The molecule has 13 rings (SSSR count). The molecule has 0 aliphatic heterocycles. The van der Waals surface area contributed by atoms with Crippen molar-refractivity contribution in [2.45, 2.75) is 0 Å². The SMILES string of the molecule is c1ccc(-c2nc(-c3ccc(-c4c5ccccc5c(-c5ccccc5)c5ccccc45)cc3)n(-c3ccc(-c4c5ccccc5c(-c5ccccc5)c5ccccc45)cc3)c2-c2ccccc2)cc1. The summed E-state index contributed by atoms with van der Waals surface area (Å²) in [5, 5.41) is 9.91. The number of aromatic nitrogens is 2. The number of hydrogen-bond donors (Lipinski definition) is 0. The Morgan fingerprint density at radius 3 is 0.826 bits per heavy atom. The Bertz CT molecular complexity index is 3890. The zero-order valence-corrected chi connectivity index (χ0v) is 37.8. The van der Waals surface area contributed by atoms with Gasteiger partial charge in [-0.05, 0) is 99.7 Å². The number of rotatable bonds is 8. The van der Waals surface area contributed by atoms with E-state index in [1.807, 2.05) is 0 Å². The number of benzene rings is 12. The van der Waals surface area contributed by atoms with Crippen molar-refractivity contribution < 1.29 is 0 Å². The van der Waals surface area contributed by atoms with Crippen LogP contribution in [0.4, 0.5) is 0 Å². The molecule has 0 saturated heterocycles. The van der Waals surface area contributed by atoms with Crippen molar-refractivity contribution >= 4 is 43.1 Å². The first kappa shape index (κ1) is 40.2. The molecule has 0 atom stereocenters. The molecular weight excluding hydrogens is 833 g/mol. The standard InChI is InChI=1S/C67H44N2/c1-5-21-45(22-6-1)61-53-29-13-17-33-57(53)63(58-34-18-14-30-54(58)61)47-37-39-51(40-38-47)67-68-65(49-25-9-3-10-26-49)66(50-27-11-4-12-28-50)69(67)52-43-41-48(42-44-52)64-59-35-19-15-31-55(59)62(46-23-7-2-8-24-46)56-32-16-20-36-60(56)64/h1-44H. The summed E-state index contributed by atoms with van der Waals surface area (Å²) in [6, 6.07) is 96.6. The molecule has 2 heteroatoms. The van der Waals surface area contributed by atoms with Crippen molar-refractivity contribution in [1.29, 1.82) is 0 Å². The van der Waals surface area contributed by atoms with Crippen LogP contribution >= 0.6 is 0 Å². The van der Waals surface area contributed by atoms with Gasteiger partial charge in [0, 0.05) is 22.4 Å². The maximum atomic E-state index is 5.61. The summed E-state index contributed by atoms with van der Waals surface area (Å²) in [6.45, 7) is 0. The zero-order valence-electron chi connectivity index (χ0n) is 37.8. The molecule has 0 aliphatic rings. The second-order valence-corrected chi connectivity index (χ2v) is 17.7. The van der Waals surface area contributed by atoms with Gasteiger partial charge in [-0.3, -0.25) is 4.57 Å². The summed E-state index contributed by atoms with van der Waals surface area (Å²) < 4.78 is 2.37. The van der Waals surface area contributed by atoms with Gasteiger partial charge in [-0.1, -0.05) is 255 Å². The average Bonchev–Trinajstić information content (AvgIpc) is 3.83. The van der Waals surface area contributed by atoms with Gasteiger partial charge in [0.05, 0.1) is 11.4 Å². The van der Waals surface area contributed by atoms with Crippen LogP contribution in [-0.4, -0.2) is 9.55 Å². The van der Waals surface area contributed by atoms with E-state index in [1.54, 1.807) is 0 Å². The lowest BCUT2D eigenvalue weighted by molar-refractivity contribution is 1.07. The van der Waals surface area contributed by atoms with E-state index in [0.29, 0.717) is 0 Å². The van der Waals surface area contributed by atoms with Crippen molar-refractivity contribution in [2.24, 2.45) is 0 Å². The lowest BCUT2D eigenvalue weighted by Gasteiger charge is -2.19. The fourth-order valence-electron chi connectivity index (χ4n) is 10.8. The Balaban J connectivity index is 1.00. The van der Waals surface area contributed by atoms with Crippen LogP contribution in [0.3, 0.4) is 0 Å². The fourth-order valence-corrected chi connectivity index (χ4v) is 10.8. The summed E-state index contributed by atoms with van der Waals surface area (Å²) >= 11 is 0. The molecule has 69 heavy (non-hydrogen) atoms. The van der Waals surface area contributed by atoms with Crippen LogP contribution in [0, 0.1) is 0 Å². The Morgan fingerprint density at radius 2 is 0.478 bits per heavy atom. The molecule has 0 fully saturated rings. The monoisotopic (exact) mass is 876 g/mol. The number of fused-ring (bicyclic) bond motifs is 4. The van der Waals surface area contributed by atoms with Gasteiger partial charge < -0.3 is 0 Å². The third-order valence-electron chi connectivity index (χ3n) is 13.8. The molecule has 13 aromatic rings. The minimum atomic E-state index is 0.879. The first-order valence-corrected chi connectivity index (χ1v) is 23.7. The van der Waals surface area contributed by atoms with Crippen LogP contribution < -0.4 is 0 Å². The quantitative estimate of drug-likeness (QED) is 0.139. The molecule has 0 aliphatic carbocycles. The first-order chi connectivity index (χ1) is 34.3. The molecule has 0 N–H and O–H groups in total. The second kappa shape index (κ2) is 17.0. The third-order valence-corrected chi connectivity index (χ3v) is 13.8. The lowest BCUT2D eigenvalue weighted by Crippen LogP contribution is -2.01. The Morgan fingerprint density at radius 1 is 0.217 bits per heavy atom. The molecule has 0 amide bonds. The summed E-state index contributed by atoms with van der Waals surface area (Å²) in [4.78, 5) is 5.61. The highest BCUT2D eigenvalue weighted by molar-refractivity contribution is 6.22. The van der Waals surface area contributed by atoms with Gasteiger partial charge in [-0.25, -0.2) is 4.98 Å². The number of nitrogens with zero attached hydrogens (tertiary/aromatic N) is 2. The van der Waals surface area contributed by atoms with Crippen LogP contribution in [0.15, 0.2) is 267 Å². The maximum absolute atomic E-state index is 5.61. The van der Waals surface area contributed by atoms with Crippen molar-refractivity contribution in [3.8, 4) is 84.1 Å². The van der Waals surface area contributed by atoms with E-state index >= 15 is 0 Å². The van der Waals surface area contributed by atoms with E-state index < -0.39 is 0 Å². The molecule has 0 radical (unpaired) electrons. The summed E-state index contributed by atoms with van der Waals surface area (Å²) in [6.07, 6.45) is 0. The molecule has 0 bridgehead atoms. The molecule has 0 saturated carbocycles. The van der Waals surface area contributed by atoms with E-state index in [4.69, 9.17) is 4.98 Å². The fraction of sp³-hybridized carbons (Fsp3) is 0. The van der Waals surface area contributed by atoms with E-state index in [-0.39, 0.29) is 0 Å². The summed E-state index contributed by atoms with van der Waals surface area (Å²) in [5.74, 6) is 0.879. The molecular formula is C67H44N2. The minimum absolute atomic E-state index is 0.879. The minimum Gasteiger partial charge on any atom is -0.292 e. The highest BCUT2D eigenvalue weighted by Gasteiger charge is 2.24. The zero-order chi connectivity index (χ0) is 45.7. The average molecular weight is 877 g/mol. The predicted molar refractivity (Wildman–Crippen MR) is 292 cm³/mol. The Kier molecular flexibility index (Phi) is 9.88. The lowest BCUT2D eigenvalue weighted by atomic mass is 9.86. The maximum Gasteiger partial charge on any atom is 0.145 e. The highest BCUT2D eigenvalue weighted by Crippen LogP contribution is 2.47. The second-order valence-electron chi connectivity index (χ2n) is 17.7. The van der Waals surface area contributed by atoms with Crippen molar-refractivity contribution in [3.05, 3.63) is 267 Å². The largest absolute Gasteiger partial charge is 0.292 e. The molecule has 0 spiro atoms. The first-order valence-electron chi connectivity index (χ1n) is 23.7. The van der Waals surface area contributed by atoms with Crippen LogP contribution in [0.5, 0.6) is 0 Å². The van der Waals surface area contributed by atoms with Crippen molar-refractivity contribution in [2.75, 3.05) is 0 Å². The molecule has 12 aromatic carbocycles. The smallest absolute Gasteiger partial charge is 0.145 e. The van der Waals surface area contributed by atoms with Gasteiger partial charge in [0.1, 0.15) is 5.82 Å². The molecule has 0 unspecified atom stereocenters. The van der Waals surface area contributed by atoms with Gasteiger partial charge in [0.2, 0.25) is 0 Å². The Hall–Kier alpha value is -9.11. The van der Waals surface area contributed by atoms with Gasteiger partial charge in [0.25, 0.3) is 0 Å². The van der Waals surface area contributed by atoms with Crippen molar-refractivity contribution in [1.82, 2.24) is 9.55 Å². The van der Waals surface area contributed by atoms with Crippen molar-refractivity contribution in [3.63, 3.8) is 0 Å². The van der Waals surface area contributed by atoms with Crippen LogP contribution in [0.1, 0.15) is 0 Å². The summed E-state index contributed by atoms with van der Waals surface area (Å²) in [5.41, 5.74) is 16.0. The normalized spacial score (nSPS) is 11.5.